The molecule has 0 amide bonds. The summed E-state index contributed by atoms with van der Waals surface area (Å²) in [5.41, 5.74) is 0. The fraction of sp³-hybridized carbons (Fsp3) is 0.400. The van der Waals surface area contributed by atoms with Crippen molar-refractivity contribution >= 4 is 80.6 Å². The molecule has 0 aromatic heterocycles. The van der Waals surface area contributed by atoms with E-state index in [0.29, 0.717) is 17.5 Å². The molecule has 0 aromatic carbocycles. The van der Waals surface area contributed by atoms with Crippen LogP contribution in [0.1, 0.15) is 0 Å². The number of nitrogens with one attached hydrogen (secondary N) is 1. The second kappa shape index (κ2) is 10.4. The maximum absolute atomic E-state index is 4.79. The average molecular weight is 202 g/mol. The normalized spacial score (nSPS) is 7.30. The standard InChI is InChI=1S/C5H9NOS2.K/c1-2-7-4-3-6-5(8)9;/h2H,1,3-4H2,(H2,6,8,9);. The van der Waals surface area contributed by atoms with Crippen molar-refractivity contribution in [3.63, 3.8) is 0 Å². The zero-order valence-electron chi connectivity index (χ0n) is 5.96. The largest absolute Gasteiger partial charge is 0.500 e. The predicted molar refractivity (Wildman–Crippen MR) is 51.5 cm³/mol. The Labute approximate surface area is 115 Å². The van der Waals surface area contributed by atoms with Crippen LogP contribution in [-0.4, -0.2) is 68.9 Å². The molecule has 0 aliphatic rings. The maximum atomic E-state index is 4.79. The molecule has 0 aliphatic carbocycles. The molecule has 0 aromatic rings. The van der Waals surface area contributed by atoms with Gasteiger partial charge >= 0.3 is 0 Å². The summed E-state index contributed by atoms with van der Waals surface area (Å²) in [5, 5.41) is 2.80. The van der Waals surface area contributed by atoms with Crippen molar-refractivity contribution in [3.05, 3.63) is 12.8 Å². The van der Waals surface area contributed by atoms with Gasteiger partial charge in [-0.2, -0.15) is 0 Å². The van der Waals surface area contributed by atoms with Crippen LogP contribution in [0, 0.1) is 0 Å². The molecule has 1 radical (unpaired) electrons. The monoisotopic (exact) mass is 202 g/mol. The molecule has 0 bridgehead atoms. The van der Waals surface area contributed by atoms with E-state index in [4.69, 9.17) is 4.74 Å². The van der Waals surface area contributed by atoms with E-state index in [1.165, 1.54) is 6.26 Å². The Bertz CT molecular complexity index is 110. The van der Waals surface area contributed by atoms with Crippen LogP contribution in [0.25, 0.3) is 0 Å². The van der Waals surface area contributed by atoms with Gasteiger partial charge in [-0.3, -0.25) is 0 Å². The topological polar surface area (TPSA) is 21.3 Å². The first kappa shape index (κ1) is 14.0. The Hall–Kier alpha value is 1.42. The molecule has 0 saturated heterocycles. The smallest absolute Gasteiger partial charge is 0.130 e. The van der Waals surface area contributed by atoms with Crippen molar-refractivity contribution in [2.75, 3.05) is 13.2 Å². The van der Waals surface area contributed by atoms with Crippen LogP contribution in [-0.2, 0) is 4.74 Å². The molecule has 0 rings (SSSR count). The zero-order chi connectivity index (χ0) is 7.11. The first-order chi connectivity index (χ1) is 4.27. The fourth-order valence-corrected chi connectivity index (χ4v) is 0.514. The average Bonchev–Trinajstić information content (AvgIpc) is 1.80. The molecule has 0 saturated carbocycles. The predicted octanol–water partition coefficient (Wildman–Crippen LogP) is 0.570. The molecular formula is C5H9KNOS2. The van der Waals surface area contributed by atoms with Crippen molar-refractivity contribution in [3.8, 4) is 0 Å². The van der Waals surface area contributed by atoms with E-state index < -0.39 is 0 Å². The van der Waals surface area contributed by atoms with E-state index in [2.05, 4.69) is 36.7 Å². The second-order valence-electron chi connectivity index (χ2n) is 1.27. The molecule has 0 aliphatic heterocycles. The van der Waals surface area contributed by atoms with Gasteiger partial charge in [0.2, 0.25) is 0 Å². The summed E-state index contributed by atoms with van der Waals surface area (Å²) in [6.45, 7) is 4.62. The minimum atomic E-state index is 0. The summed E-state index contributed by atoms with van der Waals surface area (Å²) in [6.07, 6.45) is 1.39. The van der Waals surface area contributed by atoms with Crippen molar-refractivity contribution in [2.45, 2.75) is 0 Å². The zero-order valence-corrected chi connectivity index (χ0v) is 10.8. The Morgan fingerprint density at radius 2 is 2.40 bits per heavy atom. The molecule has 0 fully saturated rings. The van der Waals surface area contributed by atoms with Gasteiger partial charge in [0.05, 0.1) is 12.8 Å². The van der Waals surface area contributed by atoms with Crippen molar-refractivity contribution < 1.29 is 4.74 Å². The first-order valence-corrected chi connectivity index (χ1v) is 3.32. The van der Waals surface area contributed by atoms with Crippen molar-refractivity contribution in [2.24, 2.45) is 0 Å². The number of rotatable bonds is 4. The summed E-state index contributed by atoms with van der Waals surface area (Å²) in [6, 6.07) is 0. The van der Waals surface area contributed by atoms with Gasteiger partial charge < -0.3 is 10.1 Å². The van der Waals surface area contributed by atoms with E-state index in [-0.39, 0.29) is 51.4 Å². The van der Waals surface area contributed by atoms with Crippen LogP contribution in [0.15, 0.2) is 12.8 Å². The minimum Gasteiger partial charge on any atom is -0.500 e. The molecule has 10 heavy (non-hydrogen) atoms. The summed E-state index contributed by atoms with van der Waals surface area (Å²) in [5.74, 6) is 0. The van der Waals surface area contributed by atoms with Gasteiger partial charge in [0.25, 0.3) is 0 Å². The van der Waals surface area contributed by atoms with Gasteiger partial charge in [0, 0.05) is 51.4 Å². The van der Waals surface area contributed by atoms with Gasteiger partial charge in [-0.15, -0.1) is 12.6 Å². The molecule has 5 heteroatoms. The number of hydrogen-bond donors (Lipinski definition) is 2. The SMILES string of the molecule is C=COCCNC(=S)S.[K]. The van der Waals surface area contributed by atoms with Gasteiger partial charge in [0.15, 0.2) is 0 Å². The van der Waals surface area contributed by atoms with E-state index in [1.54, 1.807) is 0 Å². The second-order valence-corrected chi connectivity index (χ2v) is 2.43. The Balaban J connectivity index is 0. The maximum Gasteiger partial charge on any atom is 0.130 e. The number of hydrogen-bond acceptors (Lipinski definition) is 2. The summed E-state index contributed by atoms with van der Waals surface area (Å²) >= 11 is 8.46. The van der Waals surface area contributed by atoms with Crippen LogP contribution in [0.3, 0.4) is 0 Å². The molecule has 2 nitrogen and oxygen atoms in total. The third-order valence-electron chi connectivity index (χ3n) is 0.614. The number of ether oxygens (including phenoxy) is 1. The van der Waals surface area contributed by atoms with Crippen molar-refractivity contribution in [1.82, 2.24) is 5.32 Å². The van der Waals surface area contributed by atoms with Crippen molar-refractivity contribution in [1.29, 1.82) is 0 Å². The molecule has 53 valence electrons. The van der Waals surface area contributed by atoms with Crippen LogP contribution in [0.2, 0.25) is 0 Å². The first-order valence-electron chi connectivity index (χ1n) is 2.46. The van der Waals surface area contributed by atoms with Gasteiger partial charge in [-0.25, -0.2) is 0 Å². The van der Waals surface area contributed by atoms with Gasteiger partial charge in [-0.05, 0) is 0 Å². The Morgan fingerprint density at radius 3 is 2.80 bits per heavy atom. The van der Waals surface area contributed by atoms with Crippen LogP contribution in [0.5, 0.6) is 0 Å². The van der Waals surface area contributed by atoms with Crippen LogP contribution >= 0.6 is 24.8 Å². The number of thiocarbonyl (C=S) groups is 1. The Morgan fingerprint density at radius 1 is 1.80 bits per heavy atom. The quantitative estimate of drug-likeness (QED) is 0.229. The molecule has 0 unspecified atom stereocenters. The van der Waals surface area contributed by atoms with Crippen LogP contribution < -0.4 is 5.32 Å². The molecule has 1 N–H and O–H groups in total. The Kier molecular flexibility index (Phi) is 14.6. The van der Waals surface area contributed by atoms with E-state index in [1.807, 2.05) is 0 Å². The third-order valence-corrected chi connectivity index (χ3v) is 0.916. The van der Waals surface area contributed by atoms with E-state index in [9.17, 15) is 0 Å². The van der Waals surface area contributed by atoms with Gasteiger partial charge in [0.1, 0.15) is 10.9 Å². The third kappa shape index (κ3) is 12.1. The van der Waals surface area contributed by atoms with E-state index in [0.717, 1.165) is 0 Å². The summed E-state index contributed by atoms with van der Waals surface area (Å²) < 4.78 is 5.28. The van der Waals surface area contributed by atoms with Crippen LogP contribution in [0.4, 0.5) is 0 Å². The molecular weight excluding hydrogens is 193 g/mol. The number of thiol groups is 1. The minimum absolute atomic E-state index is 0. The molecule has 0 spiro atoms. The van der Waals surface area contributed by atoms with Gasteiger partial charge in [-0.1, -0.05) is 18.8 Å². The molecule has 0 heterocycles. The van der Waals surface area contributed by atoms with E-state index >= 15 is 0 Å². The summed E-state index contributed by atoms with van der Waals surface area (Å²) in [7, 11) is 0. The molecule has 0 atom stereocenters. The summed E-state index contributed by atoms with van der Waals surface area (Å²) in [4.78, 5) is 0. The fourth-order valence-electron chi connectivity index (χ4n) is 0.300.